The number of benzene rings is 1. The molecule has 122 valence electrons. The van der Waals surface area contributed by atoms with Gasteiger partial charge in [-0.15, -0.1) is 0 Å². The monoisotopic (exact) mass is 324 g/mol. The SMILES string of the molecule is Cc1cc(C)cc(Nc2cc(C)nc(-n3cc([N+](=O)[O-])cn3)n2)c1. The van der Waals surface area contributed by atoms with Crippen LogP contribution in [0.15, 0.2) is 36.7 Å². The summed E-state index contributed by atoms with van der Waals surface area (Å²) < 4.78 is 1.29. The maximum Gasteiger partial charge on any atom is 0.307 e. The van der Waals surface area contributed by atoms with Gasteiger partial charge in [-0.25, -0.2) is 4.98 Å². The van der Waals surface area contributed by atoms with E-state index < -0.39 is 4.92 Å². The normalized spacial score (nSPS) is 10.6. The van der Waals surface area contributed by atoms with Crippen molar-refractivity contribution in [2.75, 3.05) is 5.32 Å². The van der Waals surface area contributed by atoms with Crippen molar-refractivity contribution in [1.29, 1.82) is 0 Å². The largest absolute Gasteiger partial charge is 0.340 e. The third-order valence-electron chi connectivity index (χ3n) is 3.32. The predicted octanol–water partition coefficient (Wildman–Crippen LogP) is 3.24. The zero-order valence-corrected chi connectivity index (χ0v) is 13.5. The first-order chi connectivity index (χ1) is 11.4. The summed E-state index contributed by atoms with van der Waals surface area (Å²) in [6.07, 6.45) is 2.46. The van der Waals surface area contributed by atoms with Gasteiger partial charge in [0.2, 0.25) is 0 Å². The molecule has 0 spiro atoms. The van der Waals surface area contributed by atoms with Crippen LogP contribution < -0.4 is 5.32 Å². The summed E-state index contributed by atoms with van der Waals surface area (Å²) in [6.45, 7) is 5.88. The second kappa shape index (κ2) is 6.07. The van der Waals surface area contributed by atoms with Gasteiger partial charge in [0.25, 0.3) is 5.95 Å². The summed E-state index contributed by atoms with van der Waals surface area (Å²) in [5.41, 5.74) is 3.83. The van der Waals surface area contributed by atoms with Gasteiger partial charge in [-0.2, -0.15) is 14.8 Å². The first-order valence-corrected chi connectivity index (χ1v) is 7.31. The molecule has 0 saturated carbocycles. The standard InChI is InChI=1S/C16H16N6O2/c1-10-4-11(2)6-13(5-10)19-15-7-12(3)18-16(20-15)21-9-14(8-17-21)22(23)24/h4-9H,1-3H3,(H,18,19,20). The smallest absolute Gasteiger partial charge is 0.307 e. The molecule has 3 rings (SSSR count). The van der Waals surface area contributed by atoms with Crippen LogP contribution >= 0.6 is 0 Å². The Morgan fingerprint density at radius 2 is 1.79 bits per heavy atom. The summed E-state index contributed by atoms with van der Waals surface area (Å²) in [6, 6.07) is 7.93. The summed E-state index contributed by atoms with van der Waals surface area (Å²) in [5, 5.41) is 18.0. The minimum absolute atomic E-state index is 0.107. The topological polar surface area (TPSA) is 98.8 Å². The molecular weight excluding hydrogens is 308 g/mol. The molecule has 0 fully saturated rings. The number of rotatable bonds is 4. The van der Waals surface area contributed by atoms with Crippen molar-refractivity contribution in [2.45, 2.75) is 20.8 Å². The lowest BCUT2D eigenvalue weighted by Crippen LogP contribution is -2.05. The van der Waals surface area contributed by atoms with Gasteiger partial charge < -0.3 is 5.32 Å². The van der Waals surface area contributed by atoms with Crippen LogP contribution in [-0.2, 0) is 0 Å². The summed E-state index contributed by atoms with van der Waals surface area (Å²) >= 11 is 0. The van der Waals surface area contributed by atoms with Crippen molar-refractivity contribution in [3.8, 4) is 5.95 Å². The van der Waals surface area contributed by atoms with Crippen LogP contribution in [0.3, 0.4) is 0 Å². The van der Waals surface area contributed by atoms with Gasteiger partial charge in [0.1, 0.15) is 18.2 Å². The Hall–Kier alpha value is -3.29. The fourth-order valence-corrected chi connectivity index (χ4v) is 2.43. The van der Waals surface area contributed by atoms with E-state index in [1.807, 2.05) is 32.9 Å². The Kier molecular flexibility index (Phi) is 3.95. The van der Waals surface area contributed by atoms with Gasteiger partial charge in [-0.05, 0) is 44.0 Å². The predicted molar refractivity (Wildman–Crippen MR) is 89.7 cm³/mol. The molecule has 0 atom stereocenters. The maximum absolute atomic E-state index is 10.8. The molecule has 8 heteroatoms. The van der Waals surface area contributed by atoms with Crippen molar-refractivity contribution in [1.82, 2.24) is 19.7 Å². The van der Waals surface area contributed by atoms with E-state index in [1.54, 1.807) is 6.07 Å². The molecule has 0 aliphatic heterocycles. The molecular formula is C16H16N6O2. The van der Waals surface area contributed by atoms with E-state index in [-0.39, 0.29) is 11.6 Å². The average molecular weight is 324 g/mol. The number of hydrogen-bond donors (Lipinski definition) is 1. The highest BCUT2D eigenvalue weighted by atomic mass is 16.6. The fraction of sp³-hybridized carbons (Fsp3) is 0.188. The van der Waals surface area contributed by atoms with E-state index in [4.69, 9.17) is 0 Å². The van der Waals surface area contributed by atoms with E-state index in [0.29, 0.717) is 5.82 Å². The van der Waals surface area contributed by atoms with Gasteiger partial charge in [-0.1, -0.05) is 6.07 Å². The van der Waals surface area contributed by atoms with Gasteiger partial charge >= 0.3 is 5.69 Å². The van der Waals surface area contributed by atoms with Crippen LogP contribution in [0.25, 0.3) is 5.95 Å². The second-order valence-corrected chi connectivity index (χ2v) is 5.60. The molecule has 2 aromatic heterocycles. The van der Waals surface area contributed by atoms with E-state index in [2.05, 4.69) is 26.4 Å². The molecule has 0 aliphatic rings. The van der Waals surface area contributed by atoms with E-state index in [1.165, 1.54) is 17.1 Å². The fourth-order valence-electron chi connectivity index (χ4n) is 2.43. The molecule has 1 aromatic carbocycles. The second-order valence-electron chi connectivity index (χ2n) is 5.60. The van der Waals surface area contributed by atoms with Crippen molar-refractivity contribution >= 4 is 17.2 Å². The van der Waals surface area contributed by atoms with E-state index in [9.17, 15) is 10.1 Å². The number of nitro groups is 1. The van der Waals surface area contributed by atoms with Crippen LogP contribution in [0.1, 0.15) is 16.8 Å². The molecule has 8 nitrogen and oxygen atoms in total. The first-order valence-electron chi connectivity index (χ1n) is 7.31. The maximum atomic E-state index is 10.8. The molecule has 1 N–H and O–H groups in total. The number of hydrogen-bond acceptors (Lipinski definition) is 6. The Balaban J connectivity index is 1.94. The van der Waals surface area contributed by atoms with Crippen LogP contribution in [0.4, 0.5) is 17.2 Å². The van der Waals surface area contributed by atoms with Crippen LogP contribution in [0.5, 0.6) is 0 Å². The number of anilines is 2. The van der Waals surface area contributed by atoms with Gasteiger partial charge in [0.15, 0.2) is 0 Å². The third kappa shape index (κ3) is 3.37. The minimum atomic E-state index is -0.506. The lowest BCUT2D eigenvalue weighted by atomic mass is 10.1. The lowest BCUT2D eigenvalue weighted by molar-refractivity contribution is -0.384. The third-order valence-corrected chi connectivity index (χ3v) is 3.32. The van der Waals surface area contributed by atoms with Crippen molar-refractivity contribution in [2.24, 2.45) is 0 Å². The molecule has 2 heterocycles. The van der Waals surface area contributed by atoms with Crippen molar-refractivity contribution in [3.63, 3.8) is 0 Å². The molecule has 0 saturated heterocycles. The number of nitrogens with zero attached hydrogens (tertiary/aromatic N) is 5. The molecule has 3 aromatic rings. The van der Waals surface area contributed by atoms with Crippen molar-refractivity contribution in [3.05, 3.63) is 63.6 Å². The Morgan fingerprint density at radius 1 is 1.08 bits per heavy atom. The van der Waals surface area contributed by atoms with Gasteiger partial charge in [0, 0.05) is 17.4 Å². The zero-order valence-electron chi connectivity index (χ0n) is 13.5. The van der Waals surface area contributed by atoms with Gasteiger partial charge in [-0.3, -0.25) is 10.1 Å². The first kappa shape index (κ1) is 15.6. The molecule has 0 aliphatic carbocycles. The highest BCUT2D eigenvalue weighted by molar-refractivity contribution is 5.59. The molecule has 0 radical (unpaired) electrons. The zero-order chi connectivity index (χ0) is 17.3. The summed E-state index contributed by atoms with van der Waals surface area (Å²) in [4.78, 5) is 18.9. The highest BCUT2D eigenvalue weighted by Gasteiger charge is 2.12. The minimum Gasteiger partial charge on any atom is -0.340 e. The molecule has 0 bridgehead atoms. The van der Waals surface area contributed by atoms with Crippen LogP contribution in [0, 0.1) is 30.9 Å². The number of aryl methyl sites for hydroxylation is 3. The van der Waals surface area contributed by atoms with Crippen molar-refractivity contribution < 1.29 is 4.92 Å². The number of aromatic nitrogens is 4. The quantitative estimate of drug-likeness (QED) is 0.584. The highest BCUT2D eigenvalue weighted by Crippen LogP contribution is 2.20. The Bertz CT molecular complexity index is 898. The summed E-state index contributed by atoms with van der Waals surface area (Å²) in [7, 11) is 0. The molecule has 24 heavy (non-hydrogen) atoms. The van der Waals surface area contributed by atoms with Crippen LogP contribution in [0.2, 0.25) is 0 Å². The molecule has 0 amide bonds. The van der Waals surface area contributed by atoms with Gasteiger partial charge in [0.05, 0.1) is 4.92 Å². The average Bonchev–Trinajstić information content (AvgIpc) is 2.95. The lowest BCUT2D eigenvalue weighted by Gasteiger charge is -2.10. The number of nitrogens with one attached hydrogen (secondary N) is 1. The summed E-state index contributed by atoms with van der Waals surface area (Å²) in [5.74, 6) is 0.871. The Labute approximate surface area is 138 Å². The van der Waals surface area contributed by atoms with E-state index in [0.717, 1.165) is 22.5 Å². The molecule has 0 unspecified atom stereocenters. The Morgan fingerprint density at radius 3 is 2.42 bits per heavy atom. The van der Waals surface area contributed by atoms with Crippen LogP contribution in [-0.4, -0.2) is 24.7 Å². The van der Waals surface area contributed by atoms with E-state index >= 15 is 0 Å².